The number of anilines is 10. The van der Waals surface area contributed by atoms with Gasteiger partial charge in [-0.05, 0) is 169 Å². The van der Waals surface area contributed by atoms with E-state index >= 15 is 0 Å². The number of rotatable bonds is 2. The summed E-state index contributed by atoms with van der Waals surface area (Å²) in [5, 5.41) is 0. The van der Waals surface area contributed by atoms with Gasteiger partial charge in [-0.25, -0.2) is 0 Å². The maximum atomic E-state index is 6.42. The highest BCUT2D eigenvalue weighted by Crippen LogP contribution is 2.55. The first-order valence-corrected chi connectivity index (χ1v) is 41.6. The summed E-state index contributed by atoms with van der Waals surface area (Å²) in [4.78, 5) is 11.8. The zero-order chi connectivity index (χ0) is 77.9. The minimum absolute atomic E-state index is 0.0549. The fourth-order valence-electron chi connectivity index (χ4n) is 21.7. The van der Waals surface area contributed by atoms with Crippen LogP contribution < -0.4 is 97.5 Å². The number of hydrogen-bond donors (Lipinski definition) is 0. The maximum absolute atomic E-state index is 6.42. The molecule has 0 saturated carbocycles. The fraction of sp³-hybridized carbons (Fsp3) is 0.133. The quantitative estimate of drug-likeness (QED) is 0.123. The van der Waals surface area contributed by atoms with Crippen molar-refractivity contribution in [2.45, 2.75) is 86.1 Å². The molecule has 0 atom stereocenters. The van der Waals surface area contributed by atoms with Crippen molar-refractivity contribution in [1.82, 2.24) is 0 Å². The van der Waals surface area contributed by atoms with Gasteiger partial charge in [-0.2, -0.15) is 22.8 Å². The molecule has 20 heterocycles. The van der Waals surface area contributed by atoms with E-state index in [1.165, 1.54) is 179 Å². The third-order valence-corrected chi connectivity index (χ3v) is 26.7. The van der Waals surface area contributed by atoms with Crippen LogP contribution in [0.2, 0.25) is 0 Å². The van der Waals surface area contributed by atoms with Gasteiger partial charge in [0, 0.05) is 86.1 Å². The van der Waals surface area contributed by atoms with Crippen molar-refractivity contribution < 1.29 is 46.1 Å². The Morgan fingerprint density at radius 3 is 1.12 bits per heavy atom. The second kappa shape index (κ2) is 24.4. The zero-order valence-corrected chi connectivity index (χ0v) is 66.1. The molecule has 15 nitrogen and oxygen atoms in total. The molecule has 0 bridgehead atoms. The van der Waals surface area contributed by atoms with Crippen LogP contribution in [0.4, 0.5) is 56.9 Å². The maximum Gasteiger partial charge on any atom is 0.531 e. The molecule has 0 unspecified atom stereocenters. The van der Waals surface area contributed by atoms with Gasteiger partial charge in [-0.3, -0.25) is 0 Å². The topological polar surface area (TPSA) is 81.8 Å². The van der Waals surface area contributed by atoms with Gasteiger partial charge in [0.2, 0.25) is 28.5 Å². The monoisotopic (exact) mass is 1530 g/mol. The standard InChI is InChI=1S/2C21H18BN2O.2C19H14BN2O.C18H12BN2O/c1-13(2)14-8-9-19-18(11-14)24-17-7-4-10-23-12-15-5-3-6-16(22(24)25-19)20(15)21(17)23;1-13(2)14-10-15-12-23-9-5-7-18-21(23)20(15)16(11-14)22-24(18)17-6-3-4-8-19(17)25-22;1-12-7-8-17-16(10-12)22-15-6-2-4-13-11-21-9-3-5-14(20(22)23-17)19(21)18(13)15;1-12-9-13-11-21-8-4-5-14-19(21)18(13)16(10-12)22-15-6-2-3-7-17(15)23-20(14)22;1-2-9-16-14(7-1)21-15-8-3-5-12-11-20-10-4-6-13(19(21)22-16)18(20)17(12)15/h2*3-11,13H,12H2,1-2H3;2*2-10H,11H2,1H3;1-10H,11H2/q5*+1. The van der Waals surface area contributed by atoms with Crippen LogP contribution in [-0.2, 0) is 32.7 Å². The van der Waals surface area contributed by atoms with Crippen LogP contribution in [0.25, 0.3) is 56.3 Å². The van der Waals surface area contributed by atoms with Crippen LogP contribution in [0.15, 0.2) is 280 Å². The van der Waals surface area contributed by atoms with E-state index in [0.29, 0.717) is 11.8 Å². The van der Waals surface area contributed by atoms with E-state index in [0.717, 1.165) is 72.8 Å². The molecule has 118 heavy (non-hydrogen) atoms. The summed E-state index contributed by atoms with van der Waals surface area (Å²) in [6.45, 7) is 18.1. The van der Waals surface area contributed by atoms with Crippen LogP contribution >= 0.6 is 0 Å². The van der Waals surface area contributed by atoms with Gasteiger partial charge in [0.05, 0.1) is 72.6 Å². The van der Waals surface area contributed by atoms with Crippen molar-refractivity contribution in [3.63, 3.8) is 0 Å². The summed E-state index contributed by atoms with van der Waals surface area (Å²) >= 11 is 0. The van der Waals surface area contributed by atoms with Crippen LogP contribution in [0.3, 0.4) is 0 Å². The Bertz CT molecular complexity index is 7040. The van der Waals surface area contributed by atoms with Gasteiger partial charge < -0.3 is 47.3 Å². The Hall–Kier alpha value is -13.7. The Balaban J connectivity index is 0.0000000803. The fourth-order valence-corrected chi connectivity index (χ4v) is 21.7. The summed E-state index contributed by atoms with van der Waals surface area (Å²) in [6, 6.07) is 89.0. The van der Waals surface area contributed by atoms with Gasteiger partial charge in [0.1, 0.15) is 40.1 Å². The Kier molecular flexibility index (Phi) is 13.8. The molecule has 0 saturated heterocycles. The molecule has 0 aliphatic carbocycles. The number of aromatic nitrogens is 5. The van der Waals surface area contributed by atoms with Crippen molar-refractivity contribution in [3.05, 3.63) is 330 Å². The van der Waals surface area contributed by atoms with E-state index in [1.807, 2.05) is 18.2 Å². The molecule has 558 valence electrons. The van der Waals surface area contributed by atoms with Crippen molar-refractivity contribution in [1.29, 1.82) is 0 Å². The molecular weight excluding hydrogens is 1450 g/mol. The van der Waals surface area contributed by atoms with E-state index < -0.39 is 0 Å². The first-order chi connectivity index (χ1) is 58.0. The molecule has 30 rings (SSSR count). The zero-order valence-electron chi connectivity index (χ0n) is 66.1. The third kappa shape index (κ3) is 9.22. The number of para-hydroxylation sites is 6. The highest BCUT2D eigenvalue weighted by atomic mass is 16.5. The SMILES string of the molecule is CC(C)c1cc2c3c(c1)B1Oc4ccccc4N1c1ccc[n+](c1-3)C2.CC(C)c1ccc2c(c1)N1B(O2)c2cccc3c2-c2c1ccc[n+]2C3.Cc1cc2c3c(c1)N1B(Oc4ccccc41)c1ccc[n+](c1-3)C2.Cc1ccc2c(c1)N1B(O2)c2ccc[n+]3c2-c2c(cccc21)C3.c1ccc2c(c1)OB1c3ccc[n+]4c3-c3c(cccc3N12)C4. The molecule has 0 fully saturated rings. The van der Waals surface area contributed by atoms with Gasteiger partial charge in [0.15, 0.2) is 63.7 Å². The summed E-state index contributed by atoms with van der Waals surface area (Å²) < 4.78 is 43.6. The average molecular weight is 1530 g/mol. The number of hydrogen-bond acceptors (Lipinski definition) is 10. The lowest BCUT2D eigenvalue weighted by molar-refractivity contribution is -0.671. The summed E-state index contributed by atoms with van der Waals surface area (Å²) in [6.07, 6.45) is 10.9. The summed E-state index contributed by atoms with van der Waals surface area (Å²) in [5.41, 5.74) is 44.4. The number of pyridine rings is 5. The summed E-state index contributed by atoms with van der Waals surface area (Å²) in [7, 11) is -0.300. The van der Waals surface area contributed by atoms with Crippen molar-refractivity contribution in [2.75, 3.05) is 24.1 Å². The molecule has 0 radical (unpaired) electrons. The van der Waals surface area contributed by atoms with Crippen LogP contribution in [0, 0.1) is 13.8 Å². The van der Waals surface area contributed by atoms with Gasteiger partial charge >= 0.3 is 35.3 Å². The lowest BCUT2D eigenvalue weighted by Crippen LogP contribution is -2.53. The molecule has 15 aliphatic heterocycles. The van der Waals surface area contributed by atoms with Crippen LogP contribution in [0.1, 0.15) is 89.6 Å². The predicted molar refractivity (Wildman–Crippen MR) is 467 cm³/mol. The minimum atomic E-state index is -0.0636. The second-order valence-electron chi connectivity index (χ2n) is 34.1. The van der Waals surface area contributed by atoms with Crippen molar-refractivity contribution in [2.24, 2.45) is 0 Å². The molecule has 5 aromatic heterocycles. The van der Waals surface area contributed by atoms with Crippen LogP contribution in [0.5, 0.6) is 28.7 Å². The number of aryl methyl sites for hydroxylation is 2. The molecule has 20 heteroatoms. The number of fused-ring (bicyclic) bond motifs is 25. The number of benzene rings is 10. The molecule has 0 spiro atoms. The highest BCUT2D eigenvalue weighted by molar-refractivity contribution is 6.79. The average Bonchev–Trinajstić information content (AvgIpc) is 1.57. The lowest BCUT2D eigenvalue weighted by Gasteiger charge is -2.28. The lowest BCUT2D eigenvalue weighted by atomic mass is 9.64. The van der Waals surface area contributed by atoms with Gasteiger partial charge in [-0.1, -0.05) is 125 Å². The van der Waals surface area contributed by atoms with E-state index in [4.69, 9.17) is 23.3 Å². The van der Waals surface area contributed by atoms with Gasteiger partial charge in [-0.15, -0.1) is 0 Å². The number of nitrogens with zero attached hydrogens (tertiary/aromatic N) is 10. The molecule has 15 aromatic rings. The van der Waals surface area contributed by atoms with E-state index in [2.05, 4.69) is 350 Å². The third-order valence-electron chi connectivity index (χ3n) is 26.7. The van der Waals surface area contributed by atoms with E-state index in [-0.39, 0.29) is 35.3 Å². The van der Waals surface area contributed by atoms with E-state index in [1.54, 1.807) is 0 Å². The summed E-state index contributed by atoms with van der Waals surface area (Å²) in [5.74, 6) is 5.87. The van der Waals surface area contributed by atoms with Crippen LogP contribution in [-0.4, -0.2) is 35.3 Å². The van der Waals surface area contributed by atoms with E-state index in [9.17, 15) is 0 Å². The van der Waals surface area contributed by atoms with Crippen molar-refractivity contribution in [3.8, 4) is 85.0 Å². The van der Waals surface area contributed by atoms with Gasteiger partial charge in [0.25, 0.3) is 0 Å². The molecule has 10 aromatic carbocycles. The first kappa shape index (κ1) is 66.5. The molecule has 0 N–H and O–H groups in total. The Morgan fingerprint density at radius 2 is 0.593 bits per heavy atom. The minimum Gasteiger partial charge on any atom is -0.536 e. The Labute approximate surface area is 686 Å². The second-order valence-corrected chi connectivity index (χ2v) is 34.1. The normalized spacial score (nSPS) is 15.2. The molecule has 0 amide bonds. The highest BCUT2D eigenvalue weighted by Gasteiger charge is 2.57. The van der Waals surface area contributed by atoms with Crippen molar-refractivity contribution >= 4 is 119 Å². The largest absolute Gasteiger partial charge is 0.536 e. The molecule has 15 aliphatic rings. The first-order valence-electron chi connectivity index (χ1n) is 41.6. The predicted octanol–water partition coefficient (Wildman–Crippen LogP) is 14.1. The smallest absolute Gasteiger partial charge is 0.531 e. The molecular formula is C98H76B5N10O5+5. The Morgan fingerprint density at radius 1 is 0.246 bits per heavy atom.